The van der Waals surface area contributed by atoms with Gasteiger partial charge in [-0.1, -0.05) is 12.1 Å². The van der Waals surface area contributed by atoms with Crippen LogP contribution in [0.4, 0.5) is 10.5 Å². The molecule has 2 saturated heterocycles. The Balaban J connectivity index is 1.67. The summed E-state index contributed by atoms with van der Waals surface area (Å²) in [5.41, 5.74) is 7.39. The van der Waals surface area contributed by atoms with Gasteiger partial charge >= 0.3 is 6.03 Å². The fourth-order valence-corrected chi connectivity index (χ4v) is 3.39. The molecule has 2 aliphatic rings. The molecule has 2 atom stereocenters. The number of nitrogens with zero attached hydrogens (tertiary/aromatic N) is 1. The molecule has 1 aromatic rings. The molecule has 2 unspecified atom stereocenters. The van der Waals surface area contributed by atoms with Gasteiger partial charge in [0.25, 0.3) is 0 Å². The number of aliphatic hydroxyl groups is 1. The zero-order valence-corrected chi connectivity index (χ0v) is 11.5. The van der Waals surface area contributed by atoms with Crippen LogP contribution in [0.2, 0.25) is 0 Å². The van der Waals surface area contributed by atoms with E-state index in [9.17, 15) is 9.90 Å². The van der Waals surface area contributed by atoms with Gasteiger partial charge in [-0.05, 0) is 43.4 Å². The number of amides is 2. The van der Waals surface area contributed by atoms with Gasteiger partial charge in [0.2, 0.25) is 0 Å². The maximum Gasteiger partial charge on any atom is 0.322 e. The molecule has 4 N–H and O–H groups in total. The van der Waals surface area contributed by atoms with Crippen molar-refractivity contribution >= 4 is 11.7 Å². The maximum atomic E-state index is 12.4. The molecule has 0 saturated carbocycles. The Bertz CT molecular complexity index is 474. The summed E-state index contributed by atoms with van der Waals surface area (Å²) in [6.07, 6.45) is 3.16. The van der Waals surface area contributed by atoms with E-state index in [1.807, 2.05) is 29.2 Å². The van der Waals surface area contributed by atoms with Crippen LogP contribution in [-0.4, -0.2) is 34.2 Å². The van der Waals surface area contributed by atoms with Crippen molar-refractivity contribution in [3.8, 4) is 0 Å². The number of nitrogens with one attached hydrogen (secondary N) is 1. The molecule has 2 amide bonds. The lowest BCUT2D eigenvalue weighted by molar-refractivity contribution is 0.0580. The number of aliphatic hydroxyl groups excluding tert-OH is 1. The Kier molecular flexibility index (Phi) is 3.63. The fraction of sp³-hybridized carbons (Fsp3) is 0.533. The van der Waals surface area contributed by atoms with Crippen LogP contribution < -0.4 is 11.1 Å². The first kappa shape index (κ1) is 13.4. The second kappa shape index (κ2) is 5.42. The molecule has 2 aliphatic heterocycles. The number of urea groups is 1. The lowest BCUT2D eigenvalue weighted by atomic mass is 10.0. The molecule has 2 bridgehead atoms. The van der Waals surface area contributed by atoms with Crippen LogP contribution in [-0.2, 0) is 6.54 Å². The number of fused-ring (bicyclic) bond motifs is 2. The van der Waals surface area contributed by atoms with E-state index < -0.39 is 0 Å². The first-order chi connectivity index (χ1) is 9.67. The van der Waals surface area contributed by atoms with Gasteiger partial charge in [0.1, 0.15) is 0 Å². The monoisotopic (exact) mass is 275 g/mol. The third kappa shape index (κ3) is 2.51. The lowest BCUT2D eigenvalue weighted by Crippen LogP contribution is -2.49. The van der Waals surface area contributed by atoms with E-state index in [0.717, 1.165) is 24.1 Å². The Hall–Kier alpha value is -1.59. The maximum absolute atomic E-state index is 12.4. The highest BCUT2D eigenvalue weighted by Crippen LogP contribution is 2.36. The van der Waals surface area contributed by atoms with Gasteiger partial charge in [0.05, 0.1) is 6.10 Å². The Labute approximate surface area is 118 Å². The Morgan fingerprint density at radius 3 is 2.40 bits per heavy atom. The van der Waals surface area contributed by atoms with Crippen molar-refractivity contribution in [2.45, 2.75) is 50.4 Å². The van der Waals surface area contributed by atoms with E-state index in [0.29, 0.717) is 19.4 Å². The van der Waals surface area contributed by atoms with E-state index in [1.54, 1.807) is 0 Å². The first-order valence-corrected chi connectivity index (χ1v) is 7.23. The van der Waals surface area contributed by atoms with Gasteiger partial charge in [-0.15, -0.1) is 0 Å². The van der Waals surface area contributed by atoms with Gasteiger partial charge in [0.15, 0.2) is 0 Å². The SMILES string of the molecule is NCc1ccc(NC(=O)N2C3CCC2CC(O)C3)cc1. The summed E-state index contributed by atoms with van der Waals surface area (Å²) < 4.78 is 0. The second-order valence-electron chi connectivity index (χ2n) is 5.75. The van der Waals surface area contributed by atoms with E-state index in [4.69, 9.17) is 5.73 Å². The molecular formula is C15H21N3O2. The molecule has 108 valence electrons. The van der Waals surface area contributed by atoms with Crippen molar-refractivity contribution in [1.82, 2.24) is 4.90 Å². The van der Waals surface area contributed by atoms with Crippen molar-refractivity contribution in [3.05, 3.63) is 29.8 Å². The average Bonchev–Trinajstić information content (AvgIpc) is 2.72. The molecule has 20 heavy (non-hydrogen) atoms. The van der Waals surface area contributed by atoms with E-state index in [1.165, 1.54) is 0 Å². The highest BCUT2D eigenvalue weighted by Gasteiger charge is 2.42. The van der Waals surface area contributed by atoms with Gasteiger partial charge in [-0.3, -0.25) is 0 Å². The number of anilines is 1. The van der Waals surface area contributed by atoms with Crippen LogP contribution in [0, 0.1) is 0 Å². The minimum absolute atomic E-state index is 0.0510. The summed E-state index contributed by atoms with van der Waals surface area (Å²) in [7, 11) is 0. The summed E-state index contributed by atoms with van der Waals surface area (Å²) >= 11 is 0. The Morgan fingerprint density at radius 1 is 1.25 bits per heavy atom. The van der Waals surface area contributed by atoms with Gasteiger partial charge in [0, 0.05) is 24.3 Å². The van der Waals surface area contributed by atoms with Gasteiger partial charge in [-0.2, -0.15) is 0 Å². The molecule has 0 aliphatic carbocycles. The predicted molar refractivity (Wildman–Crippen MR) is 77.2 cm³/mol. The largest absolute Gasteiger partial charge is 0.393 e. The van der Waals surface area contributed by atoms with Crippen molar-refractivity contribution in [2.75, 3.05) is 5.32 Å². The standard InChI is InChI=1S/C15H21N3O2/c16-9-10-1-3-11(4-2-10)17-15(20)18-12-5-6-13(18)8-14(19)7-12/h1-4,12-14,19H,5-9,16H2,(H,17,20). The molecular weight excluding hydrogens is 254 g/mol. The highest BCUT2D eigenvalue weighted by atomic mass is 16.3. The molecule has 2 fully saturated rings. The highest BCUT2D eigenvalue weighted by molar-refractivity contribution is 5.90. The number of benzene rings is 1. The van der Waals surface area contributed by atoms with Crippen molar-refractivity contribution in [2.24, 2.45) is 5.73 Å². The number of piperidine rings is 1. The van der Waals surface area contributed by atoms with Crippen LogP contribution in [0.5, 0.6) is 0 Å². The zero-order chi connectivity index (χ0) is 14.1. The fourth-order valence-electron chi connectivity index (χ4n) is 3.39. The molecule has 5 heteroatoms. The summed E-state index contributed by atoms with van der Waals surface area (Å²) in [6, 6.07) is 7.92. The number of carbonyl (C=O) groups is 1. The minimum atomic E-state index is -0.250. The van der Waals surface area contributed by atoms with Crippen molar-refractivity contribution < 1.29 is 9.90 Å². The quantitative estimate of drug-likeness (QED) is 0.768. The number of carbonyl (C=O) groups excluding carboxylic acids is 1. The normalized spacial score (nSPS) is 28.5. The number of hydrogen-bond acceptors (Lipinski definition) is 3. The van der Waals surface area contributed by atoms with Crippen LogP contribution in [0.25, 0.3) is 0 Å². The summed E-state index contributed by atoms with van der Waals surface area (Å²) in [5.74, 6) is 0. The number of hydrogen-bond donors (Lipinski definition) is 3. The van der Waals surface area contributed by atoms with Crippen LogP contribution in [0.1, 0.15) is 31.2 Å². The molecule has 1 aromatic carbocycles. The van der Waals surface area contributed by atoms with Gasteiger partial charge in [-0.25, -0.2) is 4.79 Å². The molecule has 5 nitrogen and oxygen atoms in total. The summed E-state index contributed by atoms with van der Waals surface area (Å²) in [5, 5.41) is 12.7. The second-order valence-corrected chi connectivity index (χ2v) is 5.75. The number of nitrogens with two attached hydrogens (primary N) is 1. The Morgan fingerprint density at radius 2 is 1.85 bits per heavy atom. The lowest BCUT2D eigenvalue weighted by Gasteiger charge is -2.37. The predicted octanol–water partition coefficient (Wildman–Crippen LogP) is 1.66. The third-order valence-corrected chi connectivity index (χ3v) is 4.38. The molecule has 0 radical (unpaired) electrons. The van der Waals surface area contributed by atoms with Crippen LogP contribution >= 0.6 is 0 Å². The summed E-state index contributed by atoms with van der Waals surface area (Å²) in [6.45, 7) is 0.502. The molecule has 3 rings (SSSR count). The minimum Gasteiger partial charge on any atom is -0.393 e. The average molecular weight is 275 g/mol. The molecule has 2 heterocycles. The summed E-state index contributed by atoms with van der Waals surface area (Å²) in [4.78, 5) is 14.3. The van der Waals surface area contributed by atoms with Crippen LogP contribution in [0.15, 0.2) is 24.3 Å². The van der Waals surface area contributed by atoms with E-state index in [2.05, 4.69) is 5.32 Å². The molecule has 0 spiro atoms. The van der Waals surface area contributed by atoms with Crippen molar-refractivity contribution in [3.63, 3.8) is 0 Å². The third-order valence-electron chi connectivity index (χ3n) is 4.38. The van der Waals surface area contributed by atoms with E-state index >= 15 is 0 Å². The smallest absolute Gasteiger partial charge is 0.322 e. The van der Waals surface area contributed by atoms with Crippen molar-refractivity contribution in [1.29, 1.82) is 0 Å². The van der Waals surface area contributed by atoms with E-state index in [-0.39, 0.29) is 24.2 Å². The van der Waals surface area contributed by atoms with Crippen LogP contribution in [0.3, 0.4) is 0 Å². The topological polar surface area (TPSA) is 78.6 Å². The zero-order valence-electron chi connectivity index (χ0n) is 11.5. The van der Waals surface area contributed by atoms with Gasteiger partial charge < -0.3 is 21.1 Å². The number of rotatable bonds is 2. The molecule has 0 aromatic heterocycles. The first-order valence-electron chi connectivity index (χ1n) is 7.23.